The molecule has 3 rings (SSSR count). The molecule has 0 N–H and O–H groups in total. The predicted molar refractivity (Wildman–Crippen MR) is 91.1 cm³/mol. The Morgan fingerprint density at radius 3 is 2.72 bits per heavy atom. The van der Waals surface area contributed by atoms with Gasteiger partial charge in [-0.15, -0.1) is 0 Å². The standard InChI is InChI=1S/C20H24O5/c1-5-24-18(22)15-16(20(3,4)25-19(15)23)14-9-7-12-10-11(2)6-8-13(12)17(14)21/h6,8,10,14-16H,5,7,9H2,1-4H3/t14-,15-,16-/m0/s1. The van der Waals surface area contributed by atoms with E-state index in [4.69, 9.17) is 9.47 Å². The van der Waals surface area contributed by atoms with E-state index in [1.165, 1.54) is 0 Å². The first-order chi connectivity index (χ1) is 11.8. The van der Waals surface area contributed by atoms with Crippen molar-refractivity contribution in [2.45, 2.75) is 46.1 Å². The molecule has 0 unspecified atom stereocenters. The lowest BCUT2D eigenvalue weighted by Crippen LogP contribution is -2.43. The second-order valence-corrected chi connectivity index (χ2v) is 7.45. The van der Waals surface area contributed by atoms with E-state index in [2.05, 4.69) is 0 Å². The zero-order chi connectivity index (χ0) is 18.4. The molecular weight excluding hydrogens is 320 g/mol. The molecule has 25 heavy (non-hydrogen) atoms. The van der Waals surface area contributed by atoms with Gasteiger partial charge in [-0.1, -0.05) is 23.8 Å². The van der Waals surface area contributed by atoms with E-state index in [0.29, 0.717) is 12.0 Å². The van der Waals surface area contributed by atoms with Gasteiger partial charge in [-0.2, -0.15) is 0 Å². The highest BCUT2D eigenvalue weighted by Gasteiger charge is 2.58. The van der Waals surface area contributed by atoms with E-state index in [9.17, 15) is 14.4 Å². The summed E-state index contributed by atoms with van der Waals surface area (Å²) in [5.74, 6) is -3.16. The zero-order valence-electron chi connectivity index (χ0n) is 15.1. The third kappa shape index (κ3) is 2.96. The van der Waals surface area contributed by atoms with Gasteiger partial charge in [-0.3, -0.25) is 14.4 Å². The van der Waals surface area contributed by atoms with E-state index in [1.54, 1.807) is 20.8 Å². The van der Waals surface area contributed by atoms with Crippen LogP contribution in [-0.2, 0) is 25.5 Å². The van der Waals surface area contributed by atoms with E-state index in [-0.39, 0.29) is 12.4 Å². The van der Waals surface area contributed by atoms with E-state index in [1.807, 2.05) is 25.1 Å². The molecule has 0 bridgehead atoms. The van der Waals surface area contributed by atoms with Gasteiger partial charge in [-0.05, 0) is 46.1 Å². The van der Waals surface area contributed by atoms with E-state index >= 15 is 0 Å². The normalized spacial score (nSPS) is 27.6. The highest BCUT2D eigenvalue weighted by Crippen LogP contribution is 2.46. The maximum atomic E-state index is 13.1. The summed E-state index contributed by atoms with van der Waals surface area (Å²) < 4.78 is 10.5. The molecule has 0 aromatic heterocycles. The molecule has 1 heterocycles. The summed E-state index contributed by atoms with van der Waals surface area (Å²) in [7, 11) is 0. The molecule has 134 valence electrons. The van der Waals surface area contributed by atoms with Crippen molar-refractivity contribution in [2.24, 2.45) is 17.8 Å². The van der Waals surface area contributed by atoms with Crippen molar-refractivity contribution in [3.8, 4) is 0 Å². The number of cyclic esters (lactones) is 1. The molecular formula is C20H24O5. The Morgan fingerprint density at radius 1 is 1.32 bits per heavy atom. The summed E-state index contributed by atoms with van der Waals surface area (Å²) >= 11 is 0. The average Bonchev–Trinajstić information content (AvgIpc) is 2.76. The number of hydrogen-bond donors (Lipinski definition) is 0. The van der Waals surface area contributed by atoms with Gasteiger partial charge in [0.15, 0.2) is 11.7 Å². The first-order valence-electron chi connectivity index (χ1n) is 8.79. The Hall–Kier alpha value is -2.17. The molecule has 3 atom stereocenters. The number of ether oxygens (including phenoxy) is 2. The van der Waals surface area contributed by atoms with Gasteiger partial charge in [0.1, 0.15) is 5.60 Å². The van der Waals surface area contributed by atoms with Crippen LogP contribution in [0.3, 0.4) is 0 Å². The number of esters is 2. The molecule has 0 radical (unpaired) electrons. The first kappa shape index (κ1) is 17.6. The highest BCUT2D eigenvalue weighted by atomic mass is 16.6. The largest absolute Gasteiger partial charge is 0.465 e. The van der Waals surface area contributed by atoms with Crippen LogP contribution in [0.25, 0.3) is 0 Å². The van der Waals surface area contributed by atoms with Crippen LogP contribution < -0.4 is 0 Å². The minimum Gasteiger partial charge on any atom is -0.465 e. The van der Waals surface area contributed by atoms with Gasteiger partial charge in [0.05, 0.1) is 6.61 Å². The van der Waals surface area contributed by atoms with Gasteiger partial charge >= 0.3 is 11.9 Å². The SMILES string of the molecule is CCOC(=O)[C@H]1C(=O)OC(C)(C)[C@H]1[C@@H]1CCc2cc(C)ccc2C1=O. The number of hydrogen-bond acceptors (Lipinski definition) is 5. The fourth-order valence-electron chi connectivity index (χ4n) is 4.28. The van der Waals surface area contributed by atoms with Crippen LogP contribution >= 0.6 is 0 Å². The smallest absolute Gasteiger partial charge is 0.321 e. The van der Waals surface area contributed by atoms with Crippen LogP contribution in [0.1, 0.15) is 48.7 Å². The molecule has 1 aromatic carbocycles. The Balaban J connectivity index is 1.98. The number of fused-ring (bicyclic) bond motifs is 1. The van der Waals surface area contributed by atoms with Gasteiger partial charge in [0, 0.05) is 17.4 Å². The van der Waals surface area contributed by atoms with Gasteiger partial charge in [0.25, 0.3) is 0 Å². The zero-order valence-corrected chi connectivity index (χ0v) is 15.1. The quantitative estimate of drug-likeness (QED) is 0.623. The molecule has 5 heteroatoms. The Kier molecular flexibility index (Phi) is 4.43. The molecule has 1 aliphatic heterocycles. The van der Waals surface area contributed by atoms with Crippen molar-refractivity contribution in [1.82, 2.24) is 0 Å². The van der Waals surface area contributed by atoms with Crippen molar-refractivity contribution >= 4 is 17.7 Å². The van der Waals surface area contributed by atoms with Crippen molar-refractivity contribution in [3.63, 3.8) is 0 Å². The van der Waals surface area contributed by atoms with Crippen molar-refractivity contribution in [3.05, 3.63) is 34.9 Å². The average molecular weight is 344 g/mol. The minimum atomic E-state index is -1.03. The Bertz CT molecular complexity index is 734. The third-order valence-corrected chi connectivity index (χ3v) is 5.34. The number of benzene rings is 1. The fraction of sp³-hybridized carbons (Fsp3) is 0.550. The molecule has 1 aromatic rings. The Morgan fingerprint density at radius 2 is 2.04 bits per heavy atom. The summed E-state index contributed by atoms with van der Waals surface area (Å²) in [5.41, 5.74) is 1.97. The summed E-state index contributed by atoms with van der Waals surface area (Å²) in [4.78, 5) is 37.8. The monoisotopic (exact) mass is 344 g/mol. The van der Waals surface area contributed by atoms with Crippen molar-refractivity contribution in [2.75, 3.05) is 6.61 Å². The lowest BCUT2D eigenvalue weighted by atomic mass is 9.67. The molecule has 0 spiro atoms. The molecule has 5 nitrogen and oxygen atoms in total. The molecule has 0 saturated carbocycles. The molecule has 1 saturated heterocycles. The topological polar surface area (TPSA) is 69.7 Å². The molecule has 1 aliphatic carbocycles. The number of aryl methyl sites for hydroxylation is 2. The van der Waals surface area contributed by atoms with Crippen LogP contribution in [0.2, 0.25) is 0 Å². The summed E-state index contributed by atoms with van der Waals surface area (Å²) in [6, 6.07) is 5.81. The number of carbonyl (C=O) groups is 3. The maximum absolute atomic E-state index is 13.1. The molecule has 1 fully saturated rings. The second-order valence-electron chi connectivity index (χ2n) is 7.45. The molecule has 2 aliphatic rings. The summed E-state index contributed by atoms with van der Waals surface area (Å²) in [6.45, 7) is 7.43. The summed E-state index contributed by atoms with van der Waals surface area (Å²) in [5, 5.41) is 0. The molecule has 0 amide bonds. The lowest BCUT2D eigenvalue weighted by molar-refractivity contribution is -0.157. The third-order valence-electron chi connectivity index (χ3n) is 5.34. The van der Waals surface area contributed by atoms with Crippen molar-refractivity contribution < 1.29 is 23.9 Å². The van der Waals surface area contributed by atoms with Gasteiger partial charge < -0.3 is 9.47 Å². The van der Waals surface area contributed by atoms with Crippen LogP contribution in [0.4, 0.5) is 0 Å². The fourth-order valence-corrected chi connectivity index (χ4v) is 4.28. The number of rotatable bonds is 3. The van der Waals surface area contributed by atoms with Crippen LogP contribution in [0, 0.1) is 24.7 Å². The number of ketones is 1. The Labute approximate surface area is 147 Å². The van der Waals surface area contributed by atoms with Crippen LogP contribution in [0.15, 0.2) is 18.2 Å². The van der Waals surface area contributed by atoms with Crippen LogP contribution in [-0.4, -0.2) is 29.9 Å². The number of carbonyl (C=O) groups excluding carboxylic acids is 3. The number of Topliss-reactive ketones (excluding diaryl/α,β-unsaturated/α-hetero) is 1. The van der Waals surface area contributed by atoms with Gasteiger partial charge in [0.2, 0.25) is 0 Å². The van der Waals surface area contributed by atoms with Crippen LogP contribution in [0.5, 0.6) is 0 Å². The highest BCUT2D eigenvalue weighted by molar-refractivity contribution is 6.03. The summed E-state index contributed by atoms with van der Waals surface area (Å²) in [6.07, 6.45) is 1.36. The van der Waals surface area contributed by atoms with E-state index in [0.717, 1.165) is 17.5 Å². The van der Waals surface area contributed by atoms with Gasteiger partial charge in [-0.25, -0.2) is 0 Å². The minimum absolute atomic E-state index is 0.00748. The lowest BCUT2D eigenvalue weighted by Gasteiger charge is -2.35. The van der Waals surface area contributed by atoms with E-state index < -0.39 is 35.3 Å². The maximum Gasteiger partial charge on any atom is 0.321 e. The van der Waals surface area contributed by atoms with Crippen molar-refractivity contribution in [1.29, 1.82) is 0 Å². The second kappa shape index (κ2) is 6.28. The predicted octanol–water partition coefficient (Wildman–Crippen LogP) is 2.87. The first-order valence-corrected chi connectivity index (χ1v) is 8.79.